The van der Waals surface area contributed by atoms with Gasteiger partial charge >= 0.3 is 11.9 Å². The number of carbonyl (C=O) groups is 2. The van der Waals surface area contributed by atoms with Crippen LogP contribution in [0.1, 0.15) is 27.7 Å². The molecule has 0 aromatic rings. The molecule has 2 N–H and O–H groups in total. The lowest BCUT2D eigenvalue weighted by molar-refractivity contribution is -0.205. The molecule has 94 valence electrons. The topological polar surface area (TPSA) is 74.6 Å². The summed E-state index contributed by atoms with van der Waals surface area (Å²) in [5.41, 5.74) is -2.49. The molecule has 1 fully saturated rings. The molecular formula is C12H16O4S. The molecular weight excluding hydrogens is 240 g/mol. The Bertz CT molecular complexity index is 457. The summed E-state index contributed by atoms with van der Waals surface area (Å²) in [6, 6.07) is 0. The molecule has 0 spiro atoms. The Hall–Kier alpha value is -0.970. The minimum atomic E-state index is -1.25. The van der Waals surface area contributed by atoms with Crippen molar-refractivity contribution < 1.29 is 19.8 Å². The van der Waals surface area contributed by atoms with Crippen LogP contribution in [0, 0.1) is 16.7 Å². The highest BCUT2D eigenvalue weighted by Gasteiger charge is 2.81. The van der Waals surface area contributed by atoms with E-state index < -0.39 is 27.5 Å². The van der Waals surface area contributed by atoms with Crippen LogP contribution < -0.4 is 0 Å². The number of thioether (sulfide) groups is 1. The molecule has 4 atom stereocenters. The minimum Gasteiger partial charge on any atom is -0.481 e. The fourth-order valence-electron chi connectivity index (χ4n) is 3.49. The molecule has 4 unspecified atom stereocenters. The van der Waals surface area contributed by atoms with Gasteiger partial charge in [0.25, 0.3) is 0 Å². The maximum Gasteiger partial charge on any atom is 0.311 e. The van der Waals surface area contributed by atoms with E-state index >= 15 is 0 Å². The molecule has 4 nitrogen and oxygen atoms in total. The van der Waals surface area contributed by atoms with E-state index in [0.29, 0.717) is 0 Å². The predicted molar refractivity (Wildman–Crippen MR) is 64.7 cm³/mol. The Labute approximate surface area is 104 Å². The van der Waals surface area contributed by atoms with Crippen molar-refractivity contribution in [3.05, 3.63) is 11.0 Å². The average Bonchev–Trinajstić information content (AvgIpc) is 2.50. The van der Waals surface area contributed by atoms with Crippen LogP contribution in [0.15, 0.2) is 11.0 Å². The first-order valence-corrected chi connectivity index (χ1v) is 6.28. The summed E-state index contributed by atoms with van der Waals surface area (Å²) in [6.45, 7) is 6.86. The highest BCUT2D eigenvalue weighted by molar-refractivity contribution is 8.04. The number of hydrogen-bond donors (Lipinski definition) is 2. The van der Waals surface area contributed by atoms with E-state index in [1.54, 1.807) is 13.8 Å². The van der Waals surface area contributed by atoms with Crippen molar-refractivity contribution in [2.45, 2.75) is 32.4 Å². The molecule has 0 radical (unpaired) electrons. The lowest BCUT2D eigenvalue weighted by atomic mass is 9.39. The number of hydrogen-bond acceptors (Lipinski definition) is 3. The van der Waals surface area contributed by atoms with Gasteiger partial charge in [-0.05, 0) is 32.6 Å². The zero-order valence-electron chi connectivity index (χ0n) is 10.3. The van der Waals surface area contributed by atoms with Gasteiger partial charge in [0.1, 0.15) is 0 Å². The third kappa shape index (κ3) is 1.02. The molecule has 0 aromatic heterocycles. The number of carboxylic acid groups (broad SMARTS) is 2. The van der Waals surface area contributed by atoms with E-state index in [9.17, 15) is 19.8 Å². The van der Waals surface area contributed by atoms with Gasteiger partial charge in [-0.25, -0.2) is 0 Å². The minimum absolute atomic E-state index is 0.224. The lowest BCUT2D eigenvalue weighted by Gasteiger charge is -2.65. The van der Waals surface area contributed by atoms with Crippen molar-refractivity contribution >= 4 is 23.7 Å². The fourth-order valence-corrected chi connectivity index (χ4v) is 5.29. The van der Waals surface area contributed by atoms with Gasteiger partial charge in [0.2, 0.25) is 0 Å². The first kappa shape index (κ1) is 12.5. The summed E-state index contributed by atoms with van der Waals surface area (Å²) in [6.07, 6.45) is 1.91. The molecule has 1 aliphatic carbocycles. The number of fused-ring (bicyclic) bond motifs is 1. The first-order chi connectivity index (χ1) is 7.62. The summed E-state index contributed by atoms with van der Waals surface area (Å²) in [5, 5.41) is 18.9. The van der Waals surface area contributed by atoms with Crippen molar-refractivity contribution in [3.63, 3.8) is 0 Å². The van der Waals surface area contributed by atoms with Gasteiger partial charge < -0.3 is 10.2 Å². The molecule has 5 heteroatoms. The Morgan fingerprint density at radius 3 is 2.18 bits per heavy atom. The molecule has 1 aliphatic heterocycles. The van der Waals surface area contributed by atoms with E-state index in [2.05, 4.69) is 0 Å². The average molecular weight is 256 g/mol. The molecule has 1 heterocycles. The zero-order chi connectivity index (χ0) is 13.2. The second kappa shape index (κ2) is 3.07. The Morgan fingerprint density at radius 2 is 1.76 bits per heavy atom. The molecule has 2 rings (SSSR count). The number of allylic oxidation sites excluding steroid dienone is 2. The van der Waals surface area contributed by atoms with Gasteiger partial charge in [0, 0.05) is 10.7 Å². The van der Waals surface area contributed by atoms with Crippen LogP contribution in [0.5, 0.6) is 0 Å². The van der Waals surface area contributed by atoms with Gasteiger partial charge in [-0.3, -0.25) is 9.59 Å². The van der Waals surface area contributed by atoms with Crippen molar-refractivity contribution in [1.29, 1.82) is 0 Å². The summed E-state index contributed by atoms with van der Waals surface area (Å²) >= 11 is 1.49. The smallest absolute Gasteiger partial charge is 0.311 e. The monoisotopic (exact) mass is 256 g/mol. The quantitative estimate of drug-likeness (QED) is 0.792. The SMILES string of the molecule is CC1=CC2C(C)(S1)C(C)(C(=O)O)C2(C)C(=O)O. The van der Waals surface area contributed by atoms with Crippen LogP contribution >= 0.6 is 11.8 Å². The van der Waals surface area contributed by atoms with Gasteiger partial charge in [-0.1, -0.05) is 6.08 Å². The summed E-state index contributed by atoms with van der Waals surface area (Å²) in [4.78, 5) is 24.1. The lowest BCUT2D eigenvalue weighted by Crippen LogP contribution is -2.75. The number of aliphatic carboxylic acids is 2. The van der Waals surface area contributed by atoms with Crippen LogP contribution in [0.25, 0.3) is 0 Å². The van der Waals surface area contributed by atoms with Crippen LogP contribution in [-0.4, -0.2) is 26.9 Å². The predicted octanol–water partition coefficient (Wildman–Crippen LogP) is 2.21. The van der Waals surface area contributed by atoms with Crippen LogP contribution in [0.2, 0.25) is 0 Å². The van der Waals surface area contributed by atoms with E-state index in [4.69, 9.17) is 0 Å². The molecule has 17 heavy (non-hydrogen) atoms. The van der Waals surface area contributed by atoms with Crippen molar-refractivity contribution in [1.82, 2.24) is 0 Å². The van der Waals surface area contributed by atoms with Crippen molar-refractivity contribution in [2.75, 3.05) is 0 Å². The fraction of sp³-hybridized carbons (Fsp3) is 0.667. The molecule has 0 saturated heterocycles. The van der Waals surface area contributed by atoms with Crippen LogP contribution in [0.4, 0.5) is 0 Å². The zero-order valence-corrected chi connectivity index (χ0v) is 11.1. The highest BCUT2D eigenvalue weighted by Crippen LogP contribution is 2.76. The van der Waals surface area contributed by atoms with Crippen LogP contribution in [0.3, 0.4) is 0 Å². The molecule has 0 bridgehead atoms. The van der Waals surface area contributed by atoms with Gasteiger partial charge in [-0.15, -0.1) is 11.8 Å². The third-order valence-electron chi connectivity index (χ3n) is 4.89. The maximum atomic E-state index is 11.6. The summed E-state index contributed by atoms with van der Waals surface area (Å²) < 4.78 is -0.559. The highest BCUT2D eigenvalue weighted by atomic mass is 32.2. The Morgan fingerprint density at radius 1 is 1.24 bits per heavy atom. The Balaban J connectivity index is 2.61. The van der Waals surface area contributed by atoms with Gasteiger partial charge in [-0.2, -0.15) is 0 Å². The molecule has 1 saturated carbocycles. The van der Waals surface area contributed by atoms with Crippen molar-refractivity contribution in [2.24, 2.45) is 16.7 Å². The molecule has 0 amide bonds. The van der Waals surface area contributed by atoms with E-state index in [0.717, 1.165) is 4.91 Å². The van der Waals surface area contributed by atoms with E-state index in [1.807, 2.05) is 19.9 Å². The third-order valence-corrected chi connectivity index (χ3v) is 6.44. The second-order valence-corrected chi connectivity index (χ2v) is 7.10. The van der Waals surface area contributed by atoms with Crippen molar-refractivity contribution in [3.8, 4) is 0 Å². The number of rotatable bonds is 2. The summed E-state index contributed by atoms with van der Waals surface area (Å²) in [5.74, 6) is -2.29. The maximum absolute atomic E-state index is 11.6. The summed E-state index contributed by atoms with van der Waals surface area (Å²) in [7, 11) is 0. The molecule has 0 aromatic carbocycles. The molecule has 2 aliphatic rings. The van der Waals surface area contributed by atoms with E-state index in [-0.39, 0.29) is 5.92 Å². The van der Waals surface area contributed by atoms with E-state index in [1.165, 1.54) is 11.8 Å². The Kier molecular flexibility index (Phi) is 2.26. The van der Waals surface area contributed by atoms with Gasteiger partial charge in [0.05, 0.1) is 10.8 Å². The second-order valence-electron chi connectivity index (χ2n) is 5.40. The normalized spacial score (nSPS) is 48.0. The number of carboxylic acids is 2. The largest absolute Gasteiger partial charge is 0.481 e. The van der Waals surface area contributed by atoms with Gasteiger partial charge in [0.15, 0.2) is 0 Å². The van der Waals surface area contributed by atoms with Crippen LogP contribution in [-0.2, 0) is 9.59 Å². The standard InChI is InChI=1S/C12H16O4S/c1-6-5-7-10(2,8(13)14)11(3,9(15)16)12(7,4)17-6/h5,7H,1-4H3,(H,13,14)(H,15,16). The first-order valence-electron chi connectivity index (χ1n) is 5.46.